The molecule has 0 saturated heterocycles. The minimum absolute atomic E-state index is 0.292. The molecule has 1 aliphatic rings. The van der Waals surface area contributed by atoms with Gasteiger partial charge in [-0.25, -0.2) is 0 Å². The van der Waals surface area contributed by atoms with Crippen LogP contribution in [0.5, 0.6) is 0 Å². The number of allylic oxidation sites excluding steroid dienone is 1. The van der Waals surface area contributed by atoms with E-state index in [4.69, 9.17) is 0 Å². The Labute approximate surface area is 112 Å². The van der Waals surface area contributed by atoms with Crippen LogP contribution in [-0.4, -0.2) is 4.98 Å². The summed E-state index contributed by atoms with van der Waals surface area (Å²) in [5, 5.41) is 2.45. The summed E-state index contributed by atoms with van der Waals surface area (Å²) in [6, 6.07) is 19.1. The molecule has 3 aromatic rings. The van der Waals surface area contributed by atoms with Gasteiger partial charge >= 0.3 is 0 Å². The van der Waals surface area contributed by atoms with Gasteiger partial charge in [-0.1, -0.05) is 60.7 Å². The van der Waals surface area contributed by atoms with Crippen LogP contribution >= 0.6 is 0 Å². The summed E-state index contributed by atoms with van der Waals surface area (Å²) in [5.74, 6) is 0.292. The SMILES string of the molecule is C1=CC(c2cc3ccccc3cn2)c2ccccc21. The van der Waals surface area contributed by atoms with Gasteiger partial charge in [0.1, 0.15) is 0 Å². The molecule has 0 radical (unpaired) electrons. The highest BCUT2D eigenvalue weighted by Gasteiger charge is 2.19. The summed E-state index contributed by atoms with van der Waals surface area (Å²) < 4.78 is 0. The number of pyridine rings is 1. The Morgan fingerprint density at radius 2 is 1.63 bits per heavy atom. The quantitative estimate of drug-likeness (QED) is 0.617. The Morgan fingerprint density at radius 1 is 0.842 bits per heavy atom. The standard InChI is InChI=1S/C18H13N/c1-2-7-15-12-19-18(11-14(15)6-1)17-10-9-13-5-3-4-8-16(13)17/h1-12,17H. The van der Waals surface area contributed by atoms with E-state index in [1.807, 2.05) is 6.20 Å². The first-order valence-electron chi connectivity index (χ1n) is 6.54. The van der Waals surface area contributed by atoms with Crippen molar-refractivity contribution in [2.45, 2.75) is 5.92 Å². The highest BCUT2D eigenvalue weighted by Crippen LogP contribution is 2.34. The minimum Gasteiger partial charge on any atom is -0.260 e. The molecule has 19 heavy (non-hydrogen) atoms. The van der Waals surface area contributed by atoms with Crippen molar-refractivity contribution in [3.05, 3.63) is 83.7 Å². The Morgan fingerprint density at radius 3 is 2.58 bits per heavy atom. The topological polar surface area (TPSA) is 12.9 Å². The van der Waals surface area contributed by atoms with E-state index in [-0.39, 0.29) is 0 Å². The van der Waals surface area contributed by atoms with Gasteiger partial charge in [-0.2, -0.15) is 0 Å². The van der Waals surface area contributed by atoms with Crippen LogP contribution in [-0.2, 0) is 0 Å². The first kappa shape index (κ1) is 10.5. The van der Waals surface area contributed by atoms with Gasteiger partial charge in [0, 0.05) is 17.5 Å². The average Bonchev–Trinajstić information content (AvgIpc) is 2.91. The second kappa shape index (κ2) is 4.06. The van der Waals surface area contributed by atoms with Crippen LogP contribution in [0.4, 0.5) is 0 Å². The van der Waals surface area contributed by atoms with Crippen molar-refractivity contribution in [3.8, 4) is 0 Å². The molecule has 2 aromatic carbocycles. The summed E-state index contributed by atoms with van der Waals surface area (Å²) in [5.41, 5.74) is 3.78. The maximum atomic E-state index is 4.64. The highest BCUT2D eigenvalue weighted by molar-refractivity contribution is 5.82. The molecule has 0 saturated carbocycles. The van der Waals surface area contributed by atoms with Gasteiger partial charge in [-0.05, 0) is 22.6 Å². The lowest BCUT2D eigenvalue weighted by Crippen LogP contribution is -1.98. The molecule has 0 bridgehead atoms. The van der Waals surface area contributed by atoms with Gasteiger partial charge in [0.15, 0.2) is 0 Å². The fourth-order valence-electron chi connectivity index (χ4n) is 2.78. The summed E-state index contributed by atoms with van der Waals surface area (Å²) in [7, 11) is 0. The van der Waals surface area contributed by atoms with Crippen molar-refractivity contribution >= 4 is 16.8 Å². The molecule has 90 valence electrons. The van der Waals surface area contributed by atoms with Crippen molar-refractivity contribution in [2.24, 2.45) is 0 Å². The zero-order chi connectivity index (χ0) is 12.7. The van der Waals surface area contributed by atoms with Crippen LogP contribution in [0.2, 0.25) is 0 Å². The number of rotatable bonds is 1. The molecule has 1 aromatic heterocycles. The number of fused-ring (bicyclic) bond motifs is 2. The minimum atomic E-state index is 0.292. The normalized spacial score (nSPS) is 16.7. The lowest BCUT2D eigenvalue weighted by molar-refractivity contribution is 0.978. The molecule has 1 nitrogen and oxygen atoms in total. The van der Waals surface area contributed by atoms with E-state index in [1.165, 1.54) is 21.9 Å². The van der Waals surface area contributed by atoms with E-state index in [9.17, 15) is 0 Å². The Kier molecular flexibility index (Phi) is 2.25. The largest absolute Gasteiger partial charge is 0.260 e. The molecule has 1 unspecified atom stereocenters. The molecule has 0 amide bonds. The van der Waals surface area contributed by atoms with E-state index >= 15 is 0 Å². The number of hydrogen-bond donors (Lipinski definition) is 0. The zero-order valence-corrected chi connectivity index (χ0v) is 10.5. The molecule has 0 N–H and O–H groups in total. The van der Waals surface area contributed by atoms with Crippen molar-refractivity contribution in [2.75, 3.05) is 0 Å². The van der Waals surface area contributed by atoms with Gasteiger partial charge in [-0.15, -0.1) is 0 Å². The van der Waals surface area contributed by atoms with Gasteiger partial charge in [0.05, 0.1) is 5.69 Å². The van der Waals surface area contributed by atoms with Crippen LogP contribution in [0.25, 0.3) is 16.8 Å². The summed E-state index contributed by atoms with van der Waals surface area (Å²) in [6.07, 6.45) is 6.40. The summed E-state index contributed by atoms with van der Waals surface area (Å²) in [4.78, 5) is 4.64. The van der Waals surface area contributed by atoms with Crippen molar-refractivity contribution in [1.82, 2.24) is 4.98 Å². The van der Waals surface area contributed by atoms with E-state index in [2.05, 4.69) is 71.7 Å². The zero-order valence-electron chi connectivity index (χ0n) is 10.5. The van der Waals surface area contributed by atoms with Crippen LogP contribution in [0.3, 0.4) is 0 Å². The van der Waals surface area contributed by atoms with Crippen LogP contribution in [0, 0.1) is 0 Å². The molecule has 0 fully saturated rings. The van der Waals surface area contributed by atoms with Crippen LogP contribution < -0.4 is 0 Å². The fraction of sp³-hybridized carbons (Fsp3) is 0.0556. The Balaban J connectivity index is 1.86. The first-order chi connectivity index (χ1) is 9.42. The van der Waals surface area contributed by atoms with E-state index in [1.54, 1.807) is 0 Å². The third kappa shape index (κ3) is 1.66. The van der Waals surface area contributed by atoms with Gasteiger partial charge in [0.2, 0.25) is 0 Å². The van der Waals surface area contributed by atoms with Crippen molar-refractivity contribution < 1.29 is 0 Å². The third-order valence-electron chi connectivity index (χ3n) is 3.77. The third-order valence-corrected chi connectivity index (χ3v) is 3.77. The van der Waals surface area contributed by atoms with Gasteiger partial charge in [0.25, 0.3) is 0 Å². The molecular weight excluding hydrogens is 230 g/mol. The average molecular weight is 243 g/mol. The predicted octanol–water partition coefficient (Wildman–Crippen LogP) is 4.39. The molecular formula is C18H13N. The first-order valence-corrected chi connectivity index (χ1v) is 6.54. The van der Waals surface area contributed by atoms with E-state index in [0.29, 0.717) is 5.92 Å². The number of aromatic nitrogens is 1. The van der Waals surface area contributed by atoms with E-state index < -0.39 is 0 Å². The van der Waals surface area contributed by atoms with Crippen molar-refractivity contribution in [1.29, 1.82) is 0 Å². The smallest absolute Gasteiger partial charge is 0.0523 e. The lowest BCUT2D eigenvalue weighted by atomic mass is 9.96. The van der Waals surface area contributed by atoms with Gasteiger partial charge in [-0.3, -0.25) is 4.98 Å². The monoisotopic (exact) mass is 243 g/mol. The maximum absolute atomic E-state index is 4.64. The Hall–Kier alpha value is -2.41. The molecule has 1 atom stereocenters. The van der Waals surface area contributed by atoms with Crippen LogP contribution in [0.15, 0.2) is 66.9 Å². The maximum Gasteiger partial charge on any atom is 0.0523 e. The molecule has 1 heteroatoms. The Bertz CT molecular complexity index is 786. The molecule has 1 aliphatic carbocycles. The molecule has 0 aliphatic heterocycles. The molecule has 1 heterocycles. The predicted molar refractivity (Wildman–Crippen MR) is 79.1 cm³/mol. The second-order valence-electron chi connectivity index (χ2n) is 4.92. The highest BCUT2D eigenvalue weighted by atomic mass is 14.7. The number of hydrogen-bond acceptors (Lipinski definition) is 1. The van der Waals surface area contributed by atoms with Gasteiger partial charge < -0.3 is 0 Å². The molecule has 4 rings (SSSR count). The molecule has 0 spiro atoms. The summed E-state index contributed by atoms with van der Waals surface area (Å²) in [6.45, 7) is 0. The fourth-order valence-corrected chi connectivity index (χ4v) is 2.78. The van der Waals surface area contributed by atoms with E-state index in [0.717, 1.165) is 5.69 Å². The lowest BCUT2D eigenvalue weighted by Gasteiger charge is -2.11. The number of nitrogens with zero attached hydrogens (tertiary/aromatic N) is 1. The summed E-state index contributed by atoms with van der Waals surface area (Å²) >= 11 is 0. The van der Waals surface area contributed by atoms with Crippen molar-refractivity contribution in [3.63, 3.8) is 0 Å². The number of benzene rings is 2. The second-order valence-corrected chi connectivity index (χ2v) is 4.92. The van der Waals surface area contributed by atoms with Crippen LogP contribution in [0.1, 0.15) is 22.7 Å².